The Morgan fingerprint density at radius 2 is 1.82 bits per heavy atom. The molecule has 2 heterocycles. The van der Waals surface area contributed by atoms with Crippen molar-refractivity contribution in [1.82, 2.24) is 10.1 Å². The summed E-state index contributed by atoms with van der Waals surface area (Å²) in [5.74, 6) is 2.82. The summed E-state index contributed by atoms with van der Waals surface area (Å²) >= 11 is 0. The van der Waals surface area contributed by atoms with Crippen LogP contribution in [0.15, 0.2) is 45.5 Å². The maximum atomic E-state index is 5.69. The number of furan rings is 1. The molecule has 7 nitrogen and oxygen atoms in total. The summed E-state index contributed by atoms with van der Waals surface area (Å²) in [5, 5.41) is 3.83. The molecule has 0 radical (unpaired) electrons. The van der Waals surface area contributed by atoms with Crippen molar-refractivity contribution in [1.29, 1.82) is 0 Å². The minimum atomic E-state index is 0.0877. The zero-order chi connectivity index (χ0) is 15.4. The van der Waals surface area contributed by atoms with E-state index in [-0.39, 0.29) is 6.61 Å². The van der Waals surface area contributed by atoms with Crippen LogP contribution in [0.4, 0.5) is 0 Å². The molecule has 0 aliphatic rings. The van der Waals surface area contributed by atoms with Gasteiger partial charge in [-0.05, 0) is 24.3 Å². The van der Waals surface area contributed by atoms with E-state index >= 15 is 0 Å². The molecule has 114 valence electrons. The maximum absolute atomic E-state index is 5.69. The molecule has 0 aliphatic carbocycles. The first-order valence-electron chi connectivity index (χ1n) is 6.52. The zero-order valence-electron chi connectivity index (χ0n) is 12.1. The van der Waals surface area contributed by atoms with Crippen LogP contribution in [-0.2, 0) is 6.61 Å². The number of rotatable bonds is 6. The van der Waals surface area contributed by atoms with Gasteiger partial charge in [-0.25, -0.2) is 0 Å². The van der Waals surface area contributed by atoms with E-state index in [9.17, 15) is 0 Å². The van der Waals surface area contributed by atoms with Gasteiger partial charge in [-0.2, -0.15) is 4.98 Å². The molecular weight excluding hydrogens is 288 g/mol. The van der Waals surface area contributed by atoms with Crippen LogP contribution >= 0.6 is 0 Å². The molecule has 0 saturated heterocycles. The molecule has 2 aromatic heterocycles. The fourth-order valence-electron chi connectivity index (χ4n) is 1.91. The Balaban J connectivity index is 1.76. The predicted molar refractivity (Wildman–Crippen MR) is 75.9 cm³/mol. The Morgan fingerprint density at radius 3 is 2.45 bits per heavy atom. The lowest BCUT2D eigenvalue weighted by molar-refractivity contribution is 0.223. The largest absolute Gasteiger partial charge is 0.493 e. The SMILES string of the molecule is COc1cccc(OC)c1OCc1nc(-c2ccco2)no1. The zero-order valence-corrected chi connectivity index (χ0v) is 12.1. The number of nitrogens with zero attached hydrogens (tertiary/aromatic N) is 2. The molecule has 0 spiro atoms. The first-order chi connectivity index (χ1) is 10.8. The van der Waals surface area contributed by atoms with Crippen molar-refractivity contribution in [2.75, 3.05) is 14.2 Å². The van der Waals surface area contributed by atoms with Crippen molar-refractivity contribution in [2.24, 2.45) is 0 Å². The van der Waals surface area contributed by atoms with Gasteiger partial charge < -0.3 is 23.2 Å². The Morgan fingerprint density at radius 1 is 1.05 bits per heavy atom. The van der Waals surface area contributed by atoms with Crippen molar-refractivity contribution < 1.29 is 23.2 Å². The molecule has 0 unspecified atom stereocenters. The summed E-state index contributed by atoms with van der Waals surface area (Å²) < 4.78 is 26.5. The van der Waals surface area contributed by atoms with E-state index < -0.39 is 0 Å². The molecule has 3 rings (SSSR count). The molecule has 0 bridgehead atoms. The molecule has 0 amide bonds. The van der Waals surface area contributed by atoms with Gasteiger partial charge in [0, 0.05) is 0 Å². The summed E-state index contributed by atoms with van der Waals surface area (Å²) in [7, 11) is 3.12. The second-order valence-electron chi connectivity index (χ2n) is 4.27. The van der Waals surface area contributed by atoms with E-state index in [2.05, 4.69) is 10.1 Å². The van der Waals surface area contributed by atoms with Gasteiger partial charge in [0.15, 0.2) is 23.9 Å². The van der Waals surface area contributed by atoms with E-state index in [1.165, 1.54) is 0 Å². The summed E-state index contributed by atoms with van der Waals surface area (Å²) in [5.41, 5.74) is 0. The molecule has 0 N–H and O–H groups in total. The summed E-state index contributed by atoms with van der Waals surface area (Å²) in [6.45, 7) is 0.0877. The van der Waals surface area contributed by atoms with Crippen molar-refractivity contribution >= 4 is 0 Å². The van der Waals surface area contributed by atoms with Gasteiger partial charge in [0.05, 0.1) is 20.5 Å². The summed E-state index contributed by atoms with van der Waals surface area (Å²) in [6, 6.07) is 8.87. The maximum Gasteiger partial charge on any atom is 0.264 e. The number of ether oxygens (including phenoxy) is 3. The second kappa shape index (κ2) is 6.21. The lowest BCUT2D eigenvalue weighted by Crippen LogP contribution is -2.00. The number of benzene rings is 1. The Bertz CT molecular complexity index is 714. The smallest absolute Gasteiger partial charge is 0.264 e. The van der Waals surface area contributed by atoms with Crippen LogP contribution in [0.1, 0.15) is 5.89 Å². The average Bonchev–Trinajstić information content (AvgIpc) is 3.23. The molecule has 22 heavy (non-hydrogen) atoms. The summed E-state index contributed by atoms with van der Waals surface area (Å²) in [6.07, 6.45) is 1.54. The number of aromatic nitrogens is 2. The molecule has 7 heteroatoms. The molecule has 0 atom stereocenters. The van der Waals surface area contributed by atoms with Crippen LogP contribution in [0.5, 0.6) is 17.2 Å². The first-order valence-corrected chi connectivity index (χ1v) is 6.52. The Labute approximate surface area is 126 Å². The topological polar surface area (TPSA) is 79.8 Å². The number of hydrogen-bond donors (Lipinski definition) is 0. The van der Waals surface area contributed by atoms with Crippen LogP contribution in [0, 0.1) is 0 Å². The Hall–Kier alpha value is -2.96. The van der Waals surface area contributed by atoms with Crippen molar-refractivity contribution in [3.8, 4) is 28.8 Å². The van der Waals surface area contributed by atoms with Gasteiger partial charge in [-0.15, -0.1) is 0 Å². The van der Waals surface area contributed by atoms with Crippen molar-refractivity contribution in [3.05, 3.63) is 42.5 Å². The third-order valence-corrected chi connectivity index (χ3v) is 2.93. The highest BCUT2D eigenvalue weighted by atomic mass is 16.5. The molecular formula is C15H14N2O5. The normalized spacial score (nSPS) is 10.5. The van der Waals surface area contributed by atoms with E-state index in [4.69, 9.17) is 23.2 Å². The van der Waals surface area contributed by atoms with E-state index in [0.29, 0.717) is 34.7 Å². The number of para-hydroxylation sites is 1. The molecule has 1 aromatic carbocycles. The minimum absolute atomic E-state index is 0.0877. The summed E-state index contributed by atoms with van der Waals surface area (Å²) in [4.78, 5) is 4.20. The Kier molecular flexibility index (Phi) is 3.95. The second-order valence-corrected chi connectivity index (χ2v) is 4.27. The first kappa shape index (κ1) is 14.0. The highest BCUT2D eigenvalue weighted by molar-refractivity contribution is 5.51. The van der Waals surface area contributed by atoms with Gasteiger partial charge in [0.25, 0.3) is 5.89 Å². The molecule has 0 saturated carbocycles. The average molecular weight is 302 g/mol. The highest BCUT2D eigenvalue weighted by Crippen LogP contribution is 2.37. The van der Waals surface area contributed by atoms with Crippen LogP contribution in [-0.4, -0.2) is 24.4 Å². The quantitative estimate of drug-likeness (QED) is 0.692. The van der Waals surface area contributed by atoms with Crippen LogP contribution in [0.25, 0.3) is 11.6 Å². The minimum Gasteiger partial charge on any atom is -0.493 e. The van der Waals surface area contributed by atoms with Crippen molar-refractivity contribution in [3.63, 3.8) is 0 Å². The highest BCUT2D eigenvalue weighted by Gasteiger charge is 2.15. The van der Waals surface area contributed by atoms with Crippen LogP contribution in [0.2, 0.25) is 0 Å². The predicted octanol–water partition coefficient (Wildman–Crippen LogP) is 2.93. The number of methoxy groups -OCH3 is 2. The molecule has 0 fully saturated rings. The van der Waals surface area contributed by atoms with Crippen LogP contribution < -0.4 is 14.2 Å². The van der Waals surface area contributed by atoms with E-state index in [1.54, 1.807) is 44.7 Å². The van der Waals surface area contributed by atoms with Gasteiger partial charge in [0.2, 0.25) is 11.6 Å². The van der Waals surface area contributed by atoms with Gasteiger partial charge >= 0.3 is 0 Å². The lowest BCUT2D eigenvalue weighted by Gasteiger charge is -2.12. The van der Waals surface area contributed by atoms with Gasteiger partial charge in [0.1, 0.15) is 0 Å². The van der Waals surface area contributed by atoms with Crippen LogP contribution in [0.3, 0.4) is 0 Å². The number of hydrogen-bond acceptors (Lipinski definition) is 7. The fraction of sp³-hybridized carbons (Fsp3) is 0.200. The third kappa shape index (κ3) is 2.73. The fourth-order valence-corrected chi connectivity index (χ4v) is 1.91. The monoisotopic (exact) mass is 302 g/mol. The van der Waals surface area contributed by atoms with Gasteiger partial charge in [-0.1, -0.05) is 11.2 Å². The molecule has 0 aliphatic heterocycles. The lowest BCUT2D eigenvalue weighted by atomic mass is 10.3. The van der Waals surface area contributed by atoms with Crippen molar-refractivity contribution in [2.45, 2.75) is 6.61 Å². The van der Waals surface area contributed by atoms with E-state index in [1.807, 2.05) is 6.07 Å². The standard InChI is InChI=1S/C15H14N2O5/c1-18-10-5-3-6-11(19-2)14(10)21-9-13-16-15(17-22-13)12-7-4-8-20-12/h3-8H,9H2,1-2H3. The third-order valence-electron chi connectivity index (χ3n) is 2.93. The van der Waals surface area contributed by atoms with Gasteiger partial charge in [-0.3, -0.25) is 0 Å². The van der Waals surface area contributed by atoms with E-state index in [0.717, 1.165) is 0 Å². The molecule has 3 aromatic rings.